The van der Waals surface area contributed by atoms with Crippen molar-refractivity contribution in [1.82, 2.24) is 0 Å². The molecule has 5 heteroatoms. The smallest absolute Gasteiger partial charge is 0.381 e. The zero-order valence-corrected chi connectivity index (χ0v) is 7.22. The lowest BCUT2D eigenvalue weighted by atomic mass is 10.4. The van der Waals surface area contributed by atoms with E-state index in [0.29, 0.717) is 0 Å². The summed E-state index contributed by atoms with van der Waals surface area (Å²) in [7, 11) is 0. The SMILES string of the molecule is C1CCOC1.ClB(Cl)Cl. The molecule has 0 radical (unpaired) electrons. The standard InChI is InChI=1S/C4H8O.BCl3/c1-2-4-5-3-1;2-1(3)4/h1-4H2;. The molecule has 0 saturated carbocycles. The van der Waals surface area contributed by atoms with Crippen molar-refractivity contribution in [1.29, 1.82) is 0 Å². The number of hydrogen-bond donors (Lipinski definition) is 0. The Labute approximate surface area is 70.4 Å². The zero-order valence-electron chi connectivity index (χ0n) is 4.95. The van der Waals surface area contributed by atoms with E-state index in [9.17, 15) is 0 Å². The zero-order chi connectivity index (χ0) is 7.11. The van der Waals surface area contributed by atoms with Gasteiger partial charge in [-0.1, -0.05) is 0 Å². The maximum absolute atomic E-state index is 4.94. The van der Waals surface area contributed by atoms with Crippen molar-refractivity contribution in [2.24, 2.45) is 0 Å². The number of hydrogen-bond acceptors (Lipinski definition) is 1. The summed E-state index contributed by atoms with van der Waals surface area (Å²) in [5.41, 5.74) is 0. The fourth-order valence-electron chi connectivity index (χ4n) is 0.510. The Morgan fingerprint density at radius 3 is 1.44 bits per heavy atom. The van der Waals surface area contributed by atoms with E-state index in [2.05, 4.69) is 0 Å². The van der Waals surface area contributed by atoms with Gasteiger partial charge in [0, 0.05) is 13.2 Å². The molecule has 1 aliphatic heterocycles. The van der Waals surface area contributed by atoms with E-state index in [1.807, 2.05) is 0 Å². The van der Waals surface area contributed by atoms with Crippen LogP contribution in [0.3, 0.4) is 0 Å². The first-order valence-electron chi connectivity index (χ1n) is 2.73. The first kappa shape index (κ1) is 9.89. The minimum atomic E-state index is -0.750. The maximum atomic E-state index is 4.94. The lowest BCUT2D eigenvalue weighted by molar-refractivity contribution is 0.198. The molecule has 1 fully saturated rings. The summed E-state index contributed by atoms with van der Waals surface area (Å²) in [6.45, 7) is 2.00. The van der Waals surface area contributed by atoms with E-state index < -0.39 is 4.96 Å². The third-order valence-electron chi connectivity index (χ3n) is 0.827. The van der Waals surface area contributed by atoms with Gasteiger partial charge in [-0.05, 0) is 12.8 Å². The lowest BCUT2D eigenvalue weighted by Gasteiger charge is -1.76. The molecule has 9 heavy (non-hydrogen) atoms. The highest BCUT2D eigenvalue weighted by molar-refractivity contribution is 7.54. The van der Waals surface area contributed by atoms with E-state index >= 15 is 0 Å². The van der Waals surface area contributed by atoms with Crippen LogP contribution in [-0.4, -0.2) is 18.2 Å². The second-order valence-corrected chi connectivity index (χ2v) is 3.55. The average Bonchev–Trinajstić information content (AvgIpc) is 2.11. The van der Waals surface area contributed by atoms with Gasteiger partial charge in [-0.2, -0.15) is 34.4 Å². The van der Waals surface area contributed by atoms with Crippen LogP contribution in [0.5, 0.6) is 0 Å². The van der Waals surface area contributed by atoms with Gasteiger partial charge in [0.05, 0.1) is 0 Å². The van der Waals surface area contributed by atoms with Gasteiger partial charge >= 0.3 is 4.96 Å². The summed E-state index contributed by atoms with van der Waals surface area (Å²) in [5, 5.41) is 0. The van der Waals surface area contributed by atoms with Crippen LogP contribution in [-0.2, 0) is 4.74 Å². The Balaban J connectivity index is 0.000000148. The van der Waals surface area contributed by atoms with Gasteiger partial charge in [-0.3, -0.25) is 0 Å². The monoisotopic (exact) mass is 188 g/mol. The molecular weight excluding hydrogens is 181 g/mol. The van der Waals surface area contributed by atoms with E-state index in [1.165, 1.54) is 12.8 Å². The molecule has 0 spiro atoms. The van der Waals surface area contributed by atoms with Crippen molar-refractivity contribution in [3.8, 4) is 0 Å². The first-order valence-corrected chi connectivity index (χ1v) is 4.04. The summed E-state index contributed by atoms with van der Waals surface area (Å²) < 4.78 is 4.94. The van der Waals surface area contributed by atoms with Crippen LogP contribution in [0.25, 0.3) is 0 Å². The van der Waals surface area contributed by atoms with Crippen LogP contribution in [0, 0.1) is 0 Å². The largest absolute Gasteiger partial charge is 0.450 e. The fourth-order valence-corrected chi connectivity index (χ4v) is 0.510. The molecule has 1 rings (SSSR count). The van der Waals surface area contributed by atoms with Crippen molar-refractivity contribution < 1.29 is 4.74 Å². The van der Waals surface area contributed by atoms with Crippen LogP contribution in [0.15, 0.2) is 0 Å². The molecule has 0 unspecified atom stereocenters. The maximum Gasteiger partial charge on any atom is 0.450 e. The Hall–Kier alpha value is 0.895. The predicted molar refractivity (Wildman–Crippen MR) is 43.4 cm³/mol. The molecule has 0 atom stereocenters. The van der Waals surface area contributed by atoms with Crippen molar-refractivity contribution in [3.05, 3.63) is 0 Å². The molecule has 0 aromatic carbocycles. The molecular formula is C4H8BCl3O. The molecule has 1 nitrogen and oxygen atoms in total. The number of halogens is 3. The lowest BCUT2D eigenvalue weighted by Crippen LogP contribution is -1.74. The third kappa shape index (κ3) is 12.2. The fraction of sp³-hybridized carbons (Fsp3) is 1.00. The highest BCUT2D eigenvalue weighted by Gasteiger charge is 1.94. The number of rotatable bonds is 0. The second-order valence-electron chi connectivity index (χ2n) is 1.57. The Kier molecular flexibility index (Phi) is 7.70. The van der Waals surface area contributed by atoms with Gasteiger partial charge in [0.25, 0.3) is 0 Å². The summed E-state index contributed by atoms with van der Waals surface area (Å²) in [6, 6.07) is 0. The van der Waals surface area contributed by atoms with Gasteiger partial charge in [-0.15, -0.1) is 0 Å². The first-order chi connectivity index (χ1) is 4.23. The quantitative estimate of drug-likeness (QED) is 0.532. The highest BCUT2D eigenvalue weighted by Crippen LogP contribution is 1.98. The van der Waals surface area contributed by atoms with Crippen molar-refractivity contribution in [3.63, 3.8) is 0 Å². The summed E-state index contributed by atoms with van der Waals surface area (Å²) in [6.07, 6.45) is 2.56. The van der Waals surface area contributed by atoms with Crippen LogP contribution in [0.2, 0.25) is 0 Å². The van der Waals surface area contributed by atoms with Crippen LogP contribution in [0.4, 0.5) is 0 Å². The molecule has 1 heterocycles. The topological polar surface area (TPSA) is 9.23 Å². The van der Waals surface area contributed by atoms with E-state index in [-0.39, 0.29) is 0 Å². The predicted octanol–water partition coefficient (Wildman–Crippen LogP) is 2.48. The normalized spacial score (nSPS) is 16.3. The molecule has 0 aliphatic carbocycles. The molecule has 1 saturated heterocycles. The summed E-state index contributed by atoms with van der Waals surface area (Å²) >= 11 is 14.4. The highest BCUT2D eigenvalue weighted by atomic mass is 35.6. The van der Waals surface area contributed by atoms with Crippen LogP contribution in [0.1, 0.15) is 12.8 Å². The van der Waals surface area contributed by atoms with Gasteiger partial charge in [0.1, 0.15) is 0 Å². The molecule has 0 amide bonds. The summed E-state index contributed by atoms with van der Waals surface area (Å²) in [5.74, 6) is 0. The third-order valence-corrected chi connectivity index (χ3v) is 0.827. The van der Waals surface area contributed by atoms with Crippen molar-refractivity contribution in [2.45, 2.75) is 12.8 Å². The average molecular weight is 189 g/mol. The Morgan fingerprint density at radius 2 is 1.33 bits per heavy atom. The Bertz CT molecular complexity index is 47.4. The van der Waals surface area contributed by atoms with Gasteiger partial charge in [0.15, 0.2) is 0 Å². The van der Waals surface area contributed by atoms with Crippen LogP contribution < -0.4 is 0 Å². The van der Waals surface area contributed by atoms with Gasteiger partial charge in [0.2, 0.25) is 0 Å². The number of ether oxygens (including phenoxy) is 1. The Morgan fingerprint density at radius 1 is 1.00 bits per heavy atom. The summed E-state index contributed by atoms with van der Waals surface area (Å²) in [4.78, 5) is -0.750. The second kappa shape index (κ2) is 7.01. The minimum absolute atomic E-state index is 0.750. The van der Waals surface area contributed by atoms with E-state index in [4.69, 9.17) is 39.1 Å². The van der Waals surface area contributed by atoms with Crippen molar-refractivity contribution in [2.75, 3.05) is 13.2 Å². The molecule has 54 valence electrons. The van der Waals surface area contributed by atoms with Gasteiger partial charge < -0.3 is 4.74 Å². The molecule has 1 aliphatic rings. The molecule has 0 N–H and O–H groups in total. The molecule has 0 aromatic rings. The van der Waals surface area contributed by atoms with Crippen molar-refractivity contribution >= 4 is 39.3 Å². The van der Waals surface area contributed by atoms with Crippen LogP contribution >= 0.6 is 34.4 Å². The van der Waals surface area contributed by atoms with E-state index in [0.717, 1.165) is 13.2 Å². The molecule has 0 aromatic heterocycles. The van der Waals surface area contributed by atoms with E-state index in [1.54, 1.807) is 0 Å². The molecule has 0 bridgehead atoms. The minimum Gasteiger partial charge on any atom is -0.381 e. The van der Waals surface area contributed by atoms with Gasteiger partial charge in [-0.25, -0.2) is 0 Å².